The molecule has 0 aliphatic heterocycles. The van der Waals surface area contributed by atoms with Crippen LogP contribution in [0.1, 0.15) is 36.3 Å². The second kappa shape index (κ2) is 6.88. The summed E-state index contributed by atoms with van der Waals surface area (Å²) >= 11 is 0. The predicted octanol–water partition coefficient (Wildman–Crippen LogP) is 1.63. The number of aryl methyl sites for hydroxylation is 1. The van der Waals surface area contributed by atoms with Crippen LogP contribution in [0, 0.1) is 12.8 Å². The highest BCUT2D eigenvalue weighted by molar-refractivity contribution is 5.98. The summed E-state index contributed by atoms with van der Waals surface area (Å²) < 4.78 is 5.05. The fourth-order valence-electron chi connectivity index (χ4n) is 1.79. The maximum atomic E-state index is 12.1. The minimum Gasteiger partial charge on any atom is -0.480 e. The molecular weight excluding hydrogens is 260 g/mol. The molecule has 0 fully saturated rings. The normalized spacial score (nSPS) is 12.1. The van der Waals surface area contributed by atoms with Crippen LogP contribution in [0.5, 0.6) is 5.88 Å². The Hall–Kier alpha value is -2.11. The van der Waals surface area contributed by atoms with Gasteiger partial charge in [0.2, 0.25) is 5.88 Å². The highest BCUT2D eigenvalue weighted by atomic mass is 16.5. The summed E-state index contributed by atoms with van der Waals surface area (Å²) in [5.41, 5.74) is 0.948. The van der Waals surface area contributed by atoms with Crippen molar-refractivity contribution in [3.8, 4) is 5.88 Å². The van der Waals surface area contributed by atoms with Crippen LogP contribution in [0.4, 0.5) is 0 Å². The third-order valence-corrected chi connectivity index (χ3v) is 2.75. The van der Waals surface area contributed by atoms with Gasteiger partial charge in [-0.3, -0.25) is 4.79 Å². The Bertz CT molecular complexity index is 500. The lowest BCUT2D eigenvalue weighted by atomic mass is 10.0. The number of hydrogen-bond donors (Lipinski definition) is 2. The van der Waals surface area contributed by atoms with Crippen LogP contribution >= 0.6 is 0 Å². The zero-order chi connectivity index (χ0) is 15.3. The van der Waals surface area contributed by atoms with Crippen LogP contribution in [0.2, 0.25) is 0 Å². The largest absolute Gasteiger partial charge is 0.480 e. The van der Waals surface area contributed by atoms with Crippen molar-refractivity contribution in [2.45, 2.75) is 33.2 Å². The summed E-state index contributed by atoms with van der Waals surface area (Å²) in [6, 6.07) is 2.33. The summed E-state index contributed by atoms with van der Waals surface area (Å²) in [5.74, 6) is -1.20. The Morgan fingerprint density at radius 1 is 1.40 bits per heavy atom. The third kappa shape index (κ3) is 4.22. The minimum absolute atomic E-state index is 0.162. The number of nitrogens with one attached hydrogen (secondary N) is 1. The van der Waals surface area contributed by atoms with E-state index in [-0.39, 0.29) is 17.4 Å². The van der Waals surface area contributed by atoms with E-state index in [9.17, 15) is 9.59 Å². The van der Waals surface area contributed by atoms with Crippen LogP contribution in [0.3, 0.4) is 0 Å². The van der Waals surface area contributed by atoms with E-state index in [0.29, 0.717) is 6.42 Å². The fraction of sp³-hybridized carbons (Fsp3) is 0.500. The second-order valence-electron chi connectivity index (χ2n) is 5.00. The number of carbonyl (C=O) groups is 2. The Morgan fingerprint density at radius 3 is 2.55 bits per heavy atom. The maximum absolute atomic E-state index is 12.1. The van der Waals surface area contributed by atoms with Crippen molar-refractivity contribution in [1.29, 1.82) is 0 Å². The summed E-state index contributed by atoms with van der Waals surface area (Å²) in [6.45, 7) is 5.58. The van der Waals surface area contributed by atoms with Gasteiger partial charge in [-0.15, -0.1) is 0 Å². The Morgan fingerprint density at radius 2 is 2.05 bits per heavy atom. The van der Waals surface area contributed by atoms with Gasteiger partial charge in [0.1, 0.15) is 11.6 Å². The van der Waals surface area contributed by atoms with E-state index in [4.69, 9.17) is 9.84 Å². The van der Waals surface area contributed by atoms with Gasteiger partial charge >= 0.3 is 5.97 Å². The molecule has 2 N–H and O–H groups in total. The Kier molecular flexibility index (Phi) is 5.49. The van der Waals surface area contributed by atoms with Crippen molar-refractivity contribution in [2.24, 2.45) is 5.92 Å². The smallest absolute Gasteiger partial charge is 0.326 e. The average molecular weight is 280 g/mol. The molecule has 0 aliphatic carbocycles. The van der Waals surface area contributed by atoms with E-state index in [0.717, 1.165) is 5.69 Å². The number of nitrogens with zero attached hydrogens (tertiary/aromatic N) is 1. The number of carbonyl (C=O) groups excluding carboxylic acids is 1. The molecule has 1 aromatic heterocycles. The molecule has 0 radical (unpaired) electrons. The maximum Gasteiger partial charge on any atom is 0.326 e. The van der Waals surface area contributed by atoms with Gasteiger partial charge in [-0.05, 0) is 31.4 Å². The molecule has 0 spiro atoms. The van der Waals surface area contributed by atoms with E-state index < -0.39 is 17.9 Å². The minimum atomic E-state index is -1.05. The van der Waals surface area contributed by atoms with E-state index in [1.54, 1.807) is 19.1 Å². The molecule has 1 heterocycles. The van der Waals surface area contributed by atoms with Gasteiger partial charge in [0.05, 0.1) is 7.11 Å². The third-order valence-electron chi connectivity index (χ3n) is 2.75. The first-order valence-corrected chi connectivity index (χ1v) is 6.40. The van der Waals surface area contributed by atoms with Crippen LogP contribution in [0.25, 0.3) is 0 Å². The first-order valence-electron chi connectivity index (χ1n) is 6.40. The van der Waals surface area contributed by atoms with Gasteiger partial charge in [-0.25, -0.2) is 9.78 Å². The number of pyridine rings is 1. The molecule has 0 aliphatic rings. The molecule has 0 bridgehead atoms. The topological polar surface area (TPSA) is 88.5 Å². The number of rotatable bonds is 6. The van der Waals surface area contributed by atoms with Crippen molar-refractivity contribution in [3.05, 3.63) is 23.4 Å². The molecule has 0 saturated heterocycles. The molecule has 1 unspecified atom stereocenters. The molecule has 0 saturated carbocycles. The van der Waals surface area contributed by atoms with Crippen molar-refractivity contribution in [2.75, 3.05) is 7.11 Å². The van der Waals surface area contributed by atoms with Crippen molar-refractivity contribution < 1.29 is 19.4 Å². The van der Waals surface area contributed by atoms with Crippen molar-refractivity contribution in [3.63, 3.8) is 0 Å². The first kappa shape index (κ1) is 15.9. The number of carboxylic acids is 1. The monoisotopic (exact) mass is 280 g/mol. The van der Waals surface area contributed by atoms with Gasteiger partial charge in [-0.1, -0.05) is 13.8 Å². The molecule has 6 nitrogen and oxygen atoms in total. The molecular formula is C14H20N2O4. The van der Waals surface area contributed by atoms with Crippen LogP contribution in [0.15, 0.2) is 12.1 Å². The molecule has 20 heavy (non-hydrogen) atoms. The molecule has 1 atom stereocenters. The van der Waals surface area contributed by atoms with Gasteiger partial charge in [0.25, 0.3) is 5.91 Å². The predicted molar refractivity (Wildman–Crippen MR) is 73.9 cm³/mol. The highest BCUT2D eigenvalue weighted by Gasteiger charge is 2.23. The highest BCUT2D eigenvalue weighted by Crippen LogP contribution is 2.16. The molecule has 6 heteroatoms. The molecule has 110 valence electrons. The van der Waals surface area contributed by atoms with E-state index in [1.807, 2.05) is 13.8 Å². The van der Waals surface area contributed by atoms with E-state index >= 15 is 0 Å². The van der Waals surface area contributed by atoms with Crippen LogP contribution in [-0.2, 0) is 4.79 Å². The average Bonchev–Trinajstić information content (AvgIpc) is 2.36. The number of ether oxygens (including phenoxy) is 1. The van der Waals surface area contributed by atoms with Crippen LogP contribution in [-0.4, -0.2) is 35.1 Å². The standard InChI is InChI=1S/C14H20N2O4/c1-8(2)7-11(14(18)19)16-12(17)10-6-5-9(3)15-13(10)20-4/h5-6,8,11H,7H2,1-4H3,(H,16,17)(H,18,19). The number of amides is 1. The number of aliphatic carboxylic acids is 1. The molecule has 1 aromatic rings. The van der Waals surface area contributed by atoms with Gasteiger partial charge in [0.15, 0.2) is 0 Å². The zero-order valence-corrected chi connectivity index (χ0v) is 12.1. The number of carboxylic acid groups (broad SMARTS) is 1. The molecule has 0 aromatic carbocycles. The first-order chi connectivity index (χ1) is 9.35. The van der Waals surface area contributed by atoms with Gasteiger partial charge in [0, 0.05) is 5.69 Å². The van der Waals surface area contributed by atoms with Gasteiger partial charge < -0.3 is 15.2 Å². The number of hydrogen-bond acceptors (Lipinski definition) is 4. The quantitative estimate of drug-likeness (QED) is 0.826. The second-order valence-corrected chi connectivity index (χ2v) is 5.00. The van der Waals surface area contributed by atoms with Gasteiger partial charge in [-0.2, -0.15) is 0 Å². The Balaban J connectivity index is 2.91. The summed E-state index contributed by atoms with van der Waals surface area (Å²) in [5, 5.41) is 11.6. The van der Waals surface area contributed by atoms with Crippen molar-refractivity contribution in [1.82, 2.24) is 10.3 Å². The van der Waals surface area contributed by atoms with Crippen molar-refractivity contribution >= 4 is 11.9 Å². The molecule has 1 amide bonds. The summed E-state index contributed by atoms with van der Waals surface area (Å²) in [6.07, 6.45) is 0.364. The zero-order valence-electron chi connectivity index (χ0n) is 12.1. The van der Waals surface area contributed by atoms with E-state index in [1.165, 1.54) is 7.11 Å². The van der Waals surface area contributed by atoms with Crippen LogP contribution < -0.4 is 10.1 Å². The lowest BCUT2D eigenvalue weighted by Gasteiger charge is -2.17. The lowest BCUT2D eigenvalue weighted by Crippen LogP contribution is -2.41. The lowest BCUT2D eigenvalue weighted by molar-refractivity contribution is -0.139. The number of aromatic nitrogens is 1. The molecule has 1 rings (SSSR count). The Labute approximate surface area is 118 Å². The summed E-state index contributed by atoms with van der Waals surface area (Å²) in [7, 11) is 1.42. The summed E-state index contributed by atoms with van der Waals surface area (Å²) in [4.78, 5) is 27.4. The SMILES string of the molecule is COc1nc(C)ccc1C(=O)NC(CC(C)C)C(=O)O. The number of methoxy groups -OCH3 is 1. The fourth-order valence-corrected chi connectivity index (χ4v) is 1.79. The van der Waals surface area contributed by atoms with E-state index in [2.05, 4.69) is 10.3 Å².